The van der Waals surface area contributed by atoms with Gasteiger partial charge in [-0.3, -0.25) is 0 Å². The quantitative estimate of drug-likeness (QED) is 0.416. The van der Waals surface area contributed by atoms with Crippen LogP contribution in [0, 0.1) is 0 Å². The lowest BCUT2D eigenvalue weighted by Crippen LogP contribution is -1.98. The lowest BCUT2D eigenvalue weighted by molar-refractivity contribution is 0.575. The normalized spacial score (nSPS) is 20.0. The summed E-state index contributed by atoms with van der Waals surface area (Å²) in [5.41, 5.74) is 8.08. The molecule has 0 unspecified atom stereocenters. The molecule has 2 aromatic carbocycles. The van der Waals surface area contributed by atoms with Crippen LogP contribution < -0.4 is 0 Å². The highest BCUT2D eigenvalue weighted by atomic mass is 14.4. The van der Waals surface area contributed by atoms with Gasteiger partial charge in [0, 0.05) is 0 Å². The molecule has 0 spiro atoms. The molecule has 2 aliphatic rings. The molecule has 0 N–H and O–H groups in total. The number of hydrogen-bond donors (Lipinski definition) is 0. The molecule has 0 radical (unpaired) electrons. The predicted octanol–water partition coefficient (Wildman–Crippen LogP) is 7.35. The molecule has 2 atom stereocenters. The van der Waals surface area contributed by atoms with Gasteiger partial charge in [-0.15, -0.1) is 0 Å². The van der Waals surface area contributed by atoms with Gasteiger partial charge in [0.05, 0.1) is 0 Å². The first-order valence-electron chi connectivity index (χ1n) is 11.1. The van der Waals surface area contributed by atoms with Crippen LogP contribution in [0.3, 0.4) is 0 Å². The molecule has 2 aliphatic carbocycles. The molecule has 138 valence electrons. The van der Waals surface area contributed by atoms with Crippen molar-refractivity contribution >= 4 is 0 Å². The number of benzene rings is 2. The molecular formula is C26H34. The Morgan fingerprint density at radius 3 is 2.15 bits per heavy atom. The second-order valence-corrected chi connectivity index (χ2v) is 8.58. The van der Waals surface area contributed by atoms with E-state index in [9.17, 15) is 0 Å². The Hall–Kier alpha value is -1.56. The van der Waals surface area contributed by atoms with Gasteiger partial charge in [-0.1, -0.05) is 94.3 Å². The lowest BCUT2D eigenvalue weighted by atomic mass is 9.93. The van der Waals surface area contributed by atoms with Crippen molar-refractivity contribution in [2.75, 3.05) is 0 Å². The van der Waals surface area contributed by atoms with E-state index in [0.29, 0.717) is 0 Å². The summed E-state index contributed by atoms with van der Waals surface area (Å²) >= 11 is 0. The molecular weight excluding hydrogens is 312 g/mol. The maximum atomic E-state index is 2.54. The van der Waals surface area contributed by atoms with Crippen LogP contribution in [-0.4, -0.2) is 0 Å². The summed E-state index contributed by atoms with van der Waals surface area (Å²) in [5.74, 6) is 1.50. The molecule has 0 fully saturated rings. The number of hydrogen-bond acceptors (Lipinski definition) is 0. The van der Waals surface area contributed by atoms with Crippen molar-refractivity contribution in [3.05, 3.63) is 70.3 Å². The Bertz CT molecular complexity index is 727. The Kier molecular flexibility index (Phi) is 5.78. The summed E-state index contributed by atoms with van der Waals surface area (Å²) in [4.78, 5) is 0. The van der Waals surface area contributed by atoms with Crippen molar-refractivity contribution < 1.29 is 0 Å². The smallest absolute Gasteiger partial charge is 0.00465 e. The Morgan fingerprint density at radius 1 is 0.692 bits per heavy atom. The summed E-state index contributed by atoms with van der Waals surface area (Å²) in [5, 5.41) is 0. The minimum Gasteiger partial charge on any atom is -0.0654 e. The van der Waals surface area contributed by atoms with E-state index in [0.717, 1.165) is 11.8 Å². The van der Waals surface area contributed by atoms with Crippen molar-refractivity contribution in [3.63, 3.8) is 0 Å². The molecule has 0 saturated heterocycles. The Morgan fingerprint density at radius 2 is 1.35 bits per heavy atom. The minimum atomic E-state index is 0.750. The Labute approximate surface area is 160 Å². The molecule has 0 aromatic heterocycles. The largest absolute Gasteiger partial charge is 0.0654 e. The van der Waals surface area contributed by atoms with Gasteiger partial charge in [-0.25, -0.2) is 0 Å². The SMILES string of the molecule is CCCCCCCCCCc1ccc2c(c1)C[C@H]1c3ccccc3C[C@@H]21. The van der Waals surface area contributed by atoms with Crippen LogP contribution in [0.4, 0.5) is 0 Å². The highest BCUT2D eigenvalue weighted by Crippen LogP contribution is 2.51. The van der Waals surface area contributed by atoms with Gasteiger partial charge in [-0.05, 0) is 65.3 Å². The number of aryl methyl sites for hydroxylation is 1. The summed E-state index contributed by atoms with van der Waals surface area (Å²) in [6.07, 6.45) is 15.1. The molecule has 0 bridgehead atoms. The minimum absolute atomic E-state index is 0.750. The first-order chi connectivity index (χ1) is 12.9. The number of rotatable bonds is 9. The zero-order valence-electron chi connectivity index (χ0n) is 16.5. The second-order valence-electron chi connectivity index (χ2n) is 8.58. The molecule has 0 amide bonds. The van der Waals surface area contributed by atoms with E-state index in [1.165, 1.54) is 70.6 Å². The van der Waals surface area contributed by atoms with E-state index in [2.05, 4.69) is 49.4 Å². The van der Waals surface area contributed by atoms with E-state index in [-0.39, 0.29) is 0 Å². The highest BCUT2D eigenvalue weighted by molar-refractivity contribution is 5.50. The zero-order valence-corrected chi connectivity index (χ0v) is 16.5. The van der Waals surface area contributed by atoms with Gasteiger partial charge < -0.3 is 0 Å². The summed E-state index contributed by atoms with van der Waals surface area (Å²) in [6.45, 7) is 2.29. The van der Waals surface area contributed by atoms with Crippen molar-refractivity contribution in [1.82, 2.24) is 0 Å². The van der Waals surface area contributed by atoms with E-state index < -0.39 is 0 Å². The van der Waals surface area contributed by atoms with Gasteiger partial charge in [0.15, 0.2) is 0 Å². The van der Waals surface area contributed by atoms with E-state index >= 15 is 0 Å². The van der Waals surface area contributed by atoms with E-state index in [4.69, 9.17) is 0 Å². The maximum absolute atomic E-state index is 2.54. The second kappa shape index (κ2) is 8.42. The molecule has 0 aliphatic heterocycles. The lowest BCUT2D eigenvalue weighted by Gasteiger charge is -2.10. The molecule has 0 saturated carbocycles. The van der Waals surface area contributed by atoms with Gasteiger partial charge >= 0.3 is 0 Å². The fourth-order valence-corrected chi connectivity index (χ4v) is 5.31. The monoisotopic (exact) mass is 346 g/mol. The summed E-state index contributed by atoms with van der Waals surface area (Å²) < 4.78 is 0. The van der Waals surface area contributed by atoms with Crippen LogP contribution in [0.15, 0.2) is 42.5 Å². The fourth-order valence-electron chi connectivity index (χ4n) is 5.31. The van der Waals surface area contributed by atoms with Crippen molar-refractivity contribution in [2.45, 2.75) is 89.4 Å². The van der Waals surface area contributed by atoms with Crippen LogP contribution in [0.2, 0.25) is 0 Å². The van der Waals surface area contributed by atoms with Gasteiger partial charge in [0.2, 0.25) is 0 Å². The summed E-state index contributed by atoms with van der Waals surface area (Å²) in [6, 6.07) is 16.6. The van der Waals surface area contributed by atoms with E-state index in [1.54, 1.807) is 27.8 Å². The van der Waals surface area contributed by atoms with Gasteiger partial charge in [-0.2, -0.15) is 0 Å². The van der Waals surface area contributed by atoms with Crippen molar-refractivity contribution in [1.29, 1.82) is 0 Å². The standard InChI is InChI=1S/C26H34/c1-2-3-4-5-6-7-8-9-12-20-15-16-24-22(17-20)19-26-23-14-11-10-13-21(23)18-25(24)26/h10-11,13-17,25-26H,2-9,12,18-19H2,1H3/t25-,26-/m0/s1. The summed E-state index contributed by atoms with van der Waals surface area (Å²) in [7, 11) is 0. The van der Waals surface area contributed by atoms with Crippen LogP contribution >= 0.6 is 0 Å². The van der Waals surface area contributed by atoms with Gasteiger partial charge in [0.1, 0.15) is 0 Å². The van der Waals surface area contributed by atoms with Crippen LogP contribution in [0.25, 0.3) is 0 Å². The first-order valence-corrected chi connectivity index (χ1v) is 11.1. The molecule has 0 nitrogen and oxygen atoms in total. The molecule has 2 aromatic rings. The molecule has 0 heteroatoms. The third kappa shape index (κ3) is 3.75. The van der Waals surface area contributed by atoms with Crippen molar-refractivity contribution in [2.24, 2.45) is 0 Å². The van der Waals surface area contributed by atoms with Crippen LogP contribution in [0.1, 0.15) is 97.9 Å². The third-order valence-electron chi connectivity index (χ3n) is 6.75. The zero-order chi connectivity index (χ0) is 17.8. The average molecular weight is 347 g/mol. The molecule has 4 rings (SSSR count). The number of unbranched alkanes of at least 4 members (excludes halogenated alkanes) is 7. The average Bonchev–Trinajstić information content (AvgIpc) is 3.19. The maximum Gasteiger partial charge on any atom is -0.00465 e. The predicted molar refractivity (Wildman–Crippen MR) is 112 cm³/mol. The molecule has 0 heterocycles. The molecule has 26 heavy (non-hydrogen) atoms. The van der Waals surface area contributed by atoms with Crippen LogP contribution in [0.5, 0.6) is 0 Å². The van der Waals surface area contributed by atoms with Crippen molar-refractivity contribution in [3.8, 4) is 0 Å². The number of fused-ring (bicyclic) bond motifs is 5. The topological polar surface area (TPSA) is 0 Å². The fraction of sp³-hybridized carbons (Fsp3) is 0.538. The van der Waals surface area contributed by atoms with E-state index in [1.807, 2.05) is 0 Å². The Balaban J connectivity index is 1.27. The van der Waals surface area contributed by atoms with Gasteiger partial charge in [0.25, 0.3) is 0 Å². The van der Waals surface area contributed by atoms with Crippen LogP contribution in [-0.2, 0) is 19.3 Å². The first kappa shape index (κ1) is 17.8. The third-order valence-corrected chi connectivity index (χ3v) is 6.75. The highest BCUT2D eigenvalue weighted by Gasteiger charge is 2.39.